The summed E-state index contributed by atoms with van der Waals surface area (Å²) >= 11 is 7.47. The number of halogens is 1. The van der Waals surface area contributed by atoms with Crippen molar-refractivity contribution in [2.75, 3.05) is 14.2 Å². The SMILES string of the molecule is COc1ccc(C(=O)Cn2cnc3sc(C)c(-c4ccc(Cl)cc4)c3c2=O)cc1OC. The Balaban J connectivity index is 1.75. The predicted molar refractivity (Wildman–Crippen MR) is 123 cm³/mol. The van der Waals surface area contributed by atoms with E-state index in [0.717, 1.165) is 16.0 Å². The van der Waals surface area contributed by atoms with Crippen LogP contribution in [-0.4, -0.2) is 29.6 Å². The number of ketones is 1. The largest absolute Gasteiger partial charge is 0.493 e. The Morgan fingerprint density at radius 1 is 1.10 bits per heavy atom. The molecule has 6 nitrogen and oxygen atoms in total. The molecular weight excluding hydrogens is 436 g/mol. The molecule has 0 N–H and O–H groups in total. The molecule has 0 aliphatic heterocycles. The topological polar surface area (TPSA) is 70.4 Å². The number of thiophene rings is 1. The van der Waals surface area contributed by atoms with Crippen molar-refractivity contribution in [3.05, 3.63) is 74.6 Å². The predicted octanol–water partition coefficient (Wildman–Crippen LogP) is 4.99. The summed E-state index contributed by atoms with van der Waals surface area (Å²) in [6.07, 6.45) is 1.42. The number of methoxy groups -OCH3 is 2. The number of aryl methyl sites for hydroxylation is 1. The summed E-state index contributed by atoms with van der Waals surface area (Å²) in [6.45, 7) is 1.82. The van der Waals surface area contributed by atoms with Gasteiger partial charge in [-0.2, -0.15) is 0 Å². The van der Waals surface area contributed by atoms with Crippen LogP contribution in [0.2, 0.25) is 5.02 Å². The van der Waals surface area contributed by atoms with Crippen LogP contribution in [0.1, 0.15) is 15.2 Å². The molecule has 0 saturated heterocycles. The Kier molecular flexibility index (Phi) is 5.80. The van der Waals surface area contributed by atoms with Gasteiger partial charge in [-0.05, 0) is 42.8 Å². The molecule has 0 bridgehead atoms. The molecule has 0 unspecified atom stereocenters. The third-order valence-electron chi connectivity index (χ3n) is 5.01. The number of rotatable bonds is 6. The molecule has 0 saturated carbocycles. The summed E-state index contributed by atoms with van der Waals surface area (Å²) in [7, 11) is 3.03. The van der Waals surface area contributed by atoms with Gasteiger partial charge < -0.3 is 9.47 Å². The standard InChI is InChI=1S/C23H19ClN2O4S/c1-13-20(14-4-7-16(24)8-5-14)21-22(31-13)25-12-26(23(21)28)11-17(27)15-6-9-18(29-2)19(10-15)30-3/h4-10,12H,11H2,1-3H3. The second kappa shape index (κ2) is 8.53. The number of hydrogen-bond donors (Lipinski definition) is 0. The lowest BCUT2D eigenvalue weighted by molar-refractivity contribution is 0.0970. The first-order chi connectivity index (χ1) is 14.9. The summed E-state index contributed by atoms with van der Waals surface area (Å²) in [5.41, 5.74) is 1.87. The second-order valence-corrected chi connectivity index (χ2v) is 8.53. The van der Waals surface area contributed by atoms with E-state index in [9.17, 15) is 9.59 Å². The minimum atomic E-state index is -0.256. The summed E-state index contributed by atoms with van der Waals surface area (Å²) in [6, 6.07) is 12.2. The fraction of sp³-hybridized carbons (Fsp3) is 0.174. The van der Waals surface area contributed by atoms with Gasteiger partial charge in [0.1, 0.15) is 4.83 Å². The number of aromatic nitrogens is 2. The van der Waals surface area contributed by atoms with Gasteiger partial charge in [0.2, 0.25) is 0 Å². The highest BCUT2D eigenvalue weighted by atomic mass is 35.5. The number of ether oxygens (including phenoxy) is 2. The number of carbonyl (C=O) groups excluding carboxylic acids is 1. The second-order valence-electron chi connectivity index (χ2n) is 6.89. The monoisotopic (exact) mass is 454 g/mol. The lowest BCUT2D eigenvalue weighted by Crippen LogP contribution is -2.24. The smallest absolute Gasteiger partial charge is 0.263 e. The summed E-state index contributed by atoms with van der Waals surface area (Å²) in [5, 5.41) is 1.13. The van der Waals surface area contributed by atoms with Crippen LogP contribution in [0.5, 0.6) is 11.5 Å². The van der Waals surface area contributed by atoms with Crippen LogP contribution in [0.3, 0.4) is 0 Å². The van der Waals surface area contributed by atoms with E-state index in [1.165, 1.54) is 36.5 Å². The Morgan fingerprint density at radius 2 is 1.81 bits per heavy atom. The number of nitrogens with zero attached hydrogens (tertiary/aromatic N) is 2. The highest BCUT2D eigenvalue weighted by Gasteiger charge is 2.19. The van der Waals surface area contributed by atoms with Crippen LogP contribution in [0.25, 0.3) is 21.3 Å². The maximum absolute atomic E-state index is 13.3. The van der Waals surface area contributed by atoms with Gasteiger partial charge in [-0.3, -0.25) is 14.2 Å². The van der Waals surface area contributed by atoms with E-state index in [-0.39, 0.29) is 17.9 Å². The maximum atomic E-state index is 13.3. The minimum absolute atomic E-state index is 0.133. The van der Waals surface area contributed by atoms with Crippen LogP contribution >= 0.6 is 22.9 Å². The van der Waals surface area contributed by atoms with Crippen LogP contribution in [0.15, 0.2) is 53.6 Å². The molecule has 0 aliphatic carbocycles. The molecule has 158 valence electrons. The van der Waals surface area contributed by atoms with Crippen molar-refractivity contribution < 1.29 is 14.3 Å². The number of benzene rings is 2. The van der Waals surface area contributed by atoms with Crippen LogP contribution in [0, 0.1) is 6.92 Å². The first-order valence-electron chi connectivity index (χ1n) is 9.42. The minimum Gasteiger partial charge on any atom is -0.493 e. The van der Waals surface area contributed by atoms with Crippen molar-refractivity contribution in [1.29, 1.82) is 0 Å². The van der Waals surface area contributed by atoms with Crippen LogP contribution in [0.4, 0.5) is 0 Å². The van der Waals surface area contributed by atoms with Crippen molar-refractivity contribution in [1.82, 2.24) is 9.55 Å². The lowest BCUT2D eigenvalue weighted by Gasteiger charge is -2.10. The Labute approximate surface area is 187 Å². The number of carbonyl (C=O) groups is 1. The van der Waals surface area contributed by atoms with Crippen molar-refractivity contribution in [2.24, 2.45) is 0 Å². The van der Waals surface area contributed by atoms with E-state index in [2.05, 4.69) is 4.98 Å². The zero-order chi connectivity index (χ0) is 22.1. The van der Waals surface area contributed by atoms with E-state index < -0.39 is 0 Å². The van der Waals surface area contributed by atoms with E-state index in [1.807, 2.05) is 19.1 Å². The molecule has 0 aliphatic rings. The number of fused-ring (bicyclic) bond motifs is 1. The van der Waals surface area contributed by atoms with Gasteiger partial charge in [0.25, 0.3) is 5.56 Å². The van der Waals surface area contributed by atoms with Crippen LogP contribution in [-0.2, 0) is 6.54 Å². The van der Waals surface area contributed by atoms with E-state index in [0.29, 0.717) is 32.3 Å². The third kappa shape index (κ3) is 3.94. The van der Waals surface area contributed by atoms with Gasteiger partial charge in [0.15, 0.2) is 17.3 Å². The first-order valence-corrected chi connectivity index (χ1v) is 10.6. The van der Waals surface area contributed by atoms with E-state index in [1.54, 1.807) is 30.3 Å². The summed E-state index contributed by atoms with van der Waals surface area (Å²) in [5.74, 6) is 0.748. The van der Waals surface area contributed by atoms with Gasteiger partial charge in [0, 0.05) is 21.0 Å². The van der Waals surface area contributed by atoms with Gasteiger partial charge in [-0.15, -0.1) is 11.3 Å². The van der Waals surface area contributed by atoms with Crippen molar-refractivity contribution in [3.63, 3.8) is 0 Å². The van der Waals surface area contributed by atoms with Gasteiger partial charge in [0.05, 0.1) is 32.5 Å². The zero-order valence-electron chi connectivity index (χ0n) is 17.1. The molecule has 2 heterocycles. The molecular formula is C23H19ClN2O4S. The van der Waals surface area contributed by atoms with Crippen LogP contribution < -0.4 is 15.0 Å². The quantitative estimate of drug-likeness (QED) is 0.384. The maximum Gasteiger partial charge on any atom is 0.263 e. The van der Waals surface area contributed by atoms with Gasteiger partial charge in [-0.1, -0.05) is 23.7 Å². The molecule has 0 spiro atoms. The van der Waals surface area contributed by atoms with Crippen molar-refractivity contribution >= 4 is 38.9 Å². The highest BCUT2D eigenvalue weighted by molar-refractivity contribution is 7.19. The lowest BCUT2D eigenvalue weighted by atomic mass is 10.0. The molecule has 0 fully saturated rings. The molecule has 4 rings (SSSR count). The Hall–Kier alpha value is -3.16. The molecule has 2 aromatic carbocycles. The molecule has 0 atom stereocenters. The van der Waals surface area contributed by atoms with Gasteiger partial charge >= 0.3 is 0 Å². The Bertz CT molecular complexity index is 1340. The van der Waals surface area contributed by atoms with Crippen molar-refractivity contribution in [3.8, 4) is 22.6 Å². The summed E-state index contributed by atoms with van der Waals surface area (Å²) < 4.78 is 11.8. The van der Waals surface area contributed by atoms with E-state index >= 15 is 0 Å². The summed E-state index contributed by atoms with van der Waals surface area (Å²) in [4.78, 5) is 32.2. The fourth-order valence-electron chi connectivity index (χ4n) is 3.47. The third-order valence-corrected chi connectivity index (χ3v) is 6.27. The molecule has 0 radical (unpaired) electrons. The molecule has 8 heteroatoms. The van der Waals surface area contributed by atoms with E-state index in [4.69, 9.17) is 21.1 Å². The molecule has 31 heavy (non-hydrogen) atoms. The average Bonchev–Trinajstić information content (AvgIpc) is 3.12. The zero-order valence-corrected chi connectivity index (χ0v) is 18.7. The highest BCUT2D eigenvalue weighted by Crippen LogP contribution is 2.36. The number of Topliss-reactive ketones (excluding diaryl/α,β-unsaturated/α-hetero) is 1. The molecule has 0 amide bonds. The molecule has 4 aromatic rings. The average molecular weight is 455 g/mol. The first kappa shape index (κ1) is 21.1. The van der Waals surface area contributed by atoms with Crippen molar-refractivity contribution in [2.45, 2.75) is 13.5 Å². The normalized spacial score (nSPS) is 11.0. The fourth-order valence-corrected chi connectivity index (χ4v) is 4.60. The number of hydrogen-bond acceptors (Lipinski definition) is 6. The van der Waals surface area contributed by atoms with Gasteiger partial charge in [-0.25, -0.2) is 4.98 Å². The molecule has 2 aromatic heterocycles. The Morgan fingerprint density at radius 3 is 2.48 bits per heavy atom.